The van der Waals surface area contributed by atoms with Crippen LogP contribution in [0.25, 0.3) is 0 Å². The average molecular weight is 972 g/mol. The minimum atomic E-state index is -1.08. The lowest BCUT2D eigenvalue weighted by Crippen LogP contribution is -2.45. The molecule has 1 unspecified atom stereocenters. The molecule has 3 aromatic rings. The fourth-order valence-electron chi connectivity index (χ4n) is 7.31. The van der Waals surface area contributed by atoms with Gasteiger partial charge < -0.3 is 28.3 Å². The van der Waals surface area contributed by atoms with E-state index in [4.69, 9.17) is 69.8 Å². The Kier molecular flexibility index (Phi) is 20.4. The summed E-state index contributed by atoms with van der Waals surface area (Å²) in [6.45, 7) is 12.7. The highest BCUT2D eigenvalue weighted by molar-refractivity contribution is 6.53. The van der Waals surface area contributed by atoms with Crippen LogP contribution in [0.3, 0.4) is 0 Å². The number of benzene rings is 2. The van der Waals surface area contributed by atoms with Crippen molar-refractivity contribution in [2.45, 2.75) is 110 Å². The molecule has 0 spiro atoms. The van der Waals surface area contributed by atoms with Crippen LogP contribution >= 0.6 is 46.4 Å². The van der Waals surface area contributed by atoms with E-state index in [0.29, 0.717) is 49.5 Å². The fraction of sp³-hybridized carbons (Fsp3) is 0.500. The molecule has 4 amide bonds. The number of rotatable bonds is 16. The number of furan rings is 1. The highest BCUT2D eigenvalue weighted by atomic mass is 35.5. The Morgan fingerprint density at radius 3 is 2.27 bits per heavy atom. The van der Waals surface area contributed by atoms with Crippen molar-refractivity contribution < 1.29 is 51.7 Å². The highest BCUT2D eigenvalue weighted by Crippen LogP contribution is 2.40. The van der Waals surface area contributed by atoms with Crippen molar-refractivity contribution >= 4 is 87.4 Å². The maximum Gasteiger partial charge on any atom is 0.344 e. The molecule has 0 bridgehead atoms. The molecule has 1 saturated heterocycles. The number of ether oxygens (including phenoxy) is 4. The predicted octanol–water partition coefficient (Wildman–Crippen LogP) is 10.2. The summed E-state index contributed by atoms with van der Waals surface area (Å²) in [5, 5.41) is -0.0677. The van der Waals surface area contributed by atoms with Crippen LogP contribution in [-0.4, -0.2) is 84.0 Å². The third kappa shape index (κ3) is 13.4. The molecule has 18 heteroatoms. The van der Waals surface area contributed by atoms with Gasteiger partial charge in [0.05, 0.1) is 35.8 Å². The molecule has 0 saturated carbocycles. The molecular formula is C46H56Cl4FN3O10. The van der Waals surface area contributed by atoms with Crippen molar-refractivity contribution in [1.29, 1.82) is 0 Å². The number of nitrogens with zero attached hydrogens (tertiary/aromatic N) is 3. The lowest BCUT2D eigenvalue weighted by Gasteiger charge is -2.29. The molecule has 3 aliphatic rings. The third-order valence-electron chi connectivity index (χ3n) is 10.5. The van der Waals surface area contributed by atoms with E-state index in [1.54, 1.807) is 31.1 Å². The van der Waals surface area contributed by atoms with E-state index in [-0.39, 0.29) is 47.0 Å². The van der Waals surface area contributed by atoms with Gasteiger partial charge >= 0.3 is 5.97 Å². The van der Waals surface area contributed by atoms with Crippen molar-refractivity contribution in [3.05, 3.63) is 87.6 Å². The van der Waals surface area contributed by atoms with E-state index in [1.165, 1.54) is 11.0 Å². The van der Waals surface area contributed by atoms with Gasteiger partial charge in [-0.15, -0.1) is 11.6 Å². The van der Waals surface area contributed by atoms with E-state index >= 15 is 0 Å². The van der Waals surface area contributed by atoms with E-state index in [2.05, 4.69) is 6.92 Å². The Morgan fingerprint density at radius 2 is 1.69 bits per heavy atom. The zero-order valence-corrected chi connectivity index (χ0v) is 40.0. The maximum atomic E-state index is 14.5. The van der Waals surface area contributed by atoms with Crippen molar-refractivity contribution in [1.82, 2.24) is 4.90 Å². The van der Waals surface area contributed by atoms with Crippen molar-refractivity contribution in [2.24, 2.45) is 0 Å². The van der Waals surface area contributed by atoms with Gasteiger partial charge in [0.15, 0.2) is 11.4 Å². The van der Waals surface area contributed by atoms with Gasteiger partial charge in [-0.25, -0.2) is 14.1 Å². The molecule has 350 valence electrons. The number of amides is 4. The van der Waals surface area contributed by atoms with Gasteiger partial charge in [0.25, 0.3) is 17.7 Å². The molecule has 0 radical (unpaired) electrons. The van der Waals surface area contributed by atoms with Crippen LogP contribution in [0.2, 0.25) is 5.02 Å². The quantitative estimate of drug-likeness (QED) is 0.0447. The van der Waals surface area contributed by atoms with Gasteiger partial charge in [-0.2, -0.15) is 0 Å². The number of anilines is 2. The summed E-state index contributed by atoms with van der Waals surface area (Å²) in [6, 6.07) is 11.8. The lowest BCUT2D eigenvalue weighted by molar-refractivity contribution is -0.146. The first-order valence-corrected chi connectivity index (χ1v) is 23.0. The molecule has 1 atom stereocenters. The van der Waals surface area contributed by atoms with Gasteiger partial charge in [-0.3, -0.25) is 24.1 Å². The second-order valence-electron chi connectivity index (χ2n) is 15.4. The zero-order valence-electron chi connectivity index (χ0n) is 37.0. The Bertz CT molecular complexity index is 2100. The average Bonchev–Trinajstić information content (AvgIpc) is 3.99. The second-order valence-corrected chi connectivity index (χ2v) is 17.2. The molecule has 64 heavy (non-hydrogen) atoms. The standard InChI is InChI=1S/C21H23ClFNO5.C14H20ClNO2.C11H13Cl2NO3/c1-2-3-6-9-28-19(25)12-29-18-11-17(16(23)10-15(18)22)24-20(26)13-7-4-5-8-14(13)21(24)27;1-4-12-8-6-7-11(3)14(12)16(10-18-5-2)13(17)9-15;1-11(2)14(10(15)9(12)13)6-8(17-11)7-4-3-5-16-7/h10-11H,2-9,12H2,1H3;6-8H,4-5,9-10H2,1-3H3;3-5,8-9H,6H2,1-2H3. The summed E-state index contributed by atoms with van der Waals surface area (Å²) in [6.07, 6.45) is 7.56. The van der Waals surface area contributed by atoms with Crippen LogP contribution in [0.4, 0.5) is 15.8 Å². The van der Waals surface area contributed by atoms with Crippen LogP contribution in [0.1, 0.15) is 103 Å². The number of imide groups is 1. The number of carbonyl (C=O) groups is 5. The van der Waals surface area contributed by atoms with Crippen molar-refractivity contribution in [3.63, 3.8) is 0 Å². The number of hydrogen-bond acceptors (Lipinski definition) is 10. The Balaban J connectivity index is 0.000000222. The van der Waals surface area contributed by atoms with E-state index in [1.807, 2.05) is 45.0 Å². The third-order valence-corrected chi connectivity index (χ3v) is 11.4. The number of unbranched alkanes of at least 4 members (excludes halogenated alkanes) is 2. The minimum Gasteiger partial charge on any atom is -0.480 e. The van der Waals surface area contributed by atoms with Crippen LogP contribution in [0.15, 0.2) is 64.3 Å². The highest BCUT2D eigenvalue weighted by Gasteiger charge is 2.45. The van der Waals surface area contributed by atoms with Crippen LogP contribution < -0.4 is 14.5 Å². The van der Waals surface area contributed by atoms with Gasteiger partial charge in [0, 0.05) is 23.8 Å². The topological polar surface area (TPSA) is 145 Å². The monoisotopic (exact) mass is 969 g/mol. The normalized spacial score (nSPS) is 16.5. The maximum absolute atomic E-state index is 14.5. The zero-order chi connectivity index (χ0) is 47.1. The second kappa shape index (κ2) is 24.9. The van der Waals surface area contributed by atoms with E-state index in [0.717, 1.165) is 66.3 Å². The molecular weight excluding hydrogens is 915 g/mol. The summed E-state index contributed by atoms with van der Waals surface area (Å²) >= 11 is 22.9. The minimum absolute atomic E-state index is 0.000883. The van der Waals surface area contributed by atoms with Crippen molar-refractivity contribution in [3.8, 4) is 5.75 Å². The Morgan fingerprint density at radius 1 is 1.00 bits per heavy atom. The molecule has 1 fully saturated rings. The first-order chi connectivity index (χ1) is 30.5. The lowest BCUT2D eigenvalue weighted by atomic mass is 9.93. The number of esters is 1. The summed E-state index contributed by atoms with van der Waals surface area (Å²) in [7, 11) is 0. The largest absolute Gasteiger partial charge is 0.480 e. The van der Waals surface area contributed by atoms with Gasteiger partial charge in [0.2, 0.25) is 5.91 Å². The fourth-order valence-corrected chi connectivity index (χ4v) is 7.90. The summed E-state index contributed by atoms with van der Waals surface area (Å²) in [4.78, 5) is 63.8. The van der Waals surface area contributed by atoms with Crippen LogP contribution in [-0.2, 0) is 44.6 Å². The summed E-state index contributed by atoms with van der Waals surface area (Å²) < 4.78 is 41.4. The number of carbonyl (C=O) groups excluding carboxylic acids is 5. The SMILES string of the molecule is CC1(C)OC(c2ccco2)CN1C(=O)C(Cl)Cl.CCCCCOC(=O)COc1cc(N2C(=O)C3=C(CCCC3)C2=O)c(F)cc1Cl.CCOCN(C(=O)CCl)c1c(C)cccc1CC. The summed E-state index contributed by atoms with van der Waals surface area (Å²) in [5.41, 5.74) is 3.06. The van der Waals surface area contributed by atoms with E-state index in [9.17, 15) is 28.4 Å². The Hall–Kier alpha value is -4.18. The molecule has 3 heterocycles. The molecule has 13 nitrogen and oxygen atoms in total. The predicted molar refractivity (Wildman–Crippen MR) is 244 cm³/mol. The van der Waals surface area contributed by atoms with Crippen LogP contribution in [0.5, 0.6) is 5.75 Å². The number of alkyl halides is 3. The van der Waals surface area contributed by atoms with E-state index < -0.39 is 40.8 Å². The molecule has 2 aliphatic heterocycles. The molecule has 0 N–H and O–H groups in total. The van der Waals surface area contributed by atoms with Crippen molar-refractivity contribution in [2.75, 3.05) is 48.8 Å². The molecule has 1 aromatic heterocycles. The number of halogens is 5. The number of hydrogen-bond donors (Lipinski definition) is 0. The molecule has 2 aromatic carbocycles. The molecule has 1 aliphatic carbocycles. The van der Waals surface area contributed by atoms with Crippen LogP contribution in [0, 0.1) is 12.7 Å². The van der Waals surface area contributed by atoms with Gasteiger partial charge in [-0.1, -0.05) is 79.7 Å². The summed E-state index contributed by atoms with van der Waals surface area (Å²) in [5.74, 6) is -2.24. The van der Waals surface area contributed by atoms with Gasteiger partial charge in [-0.05, 0) is 95.5 Å². The number of aryl methyl sites for hydroxylation is 2. The number of para-hydroxylation sites is 1. The van der Waals surface area contributed by atoms with Gasteiger partial charge in [0.1, 0.15) is 41.8 Å². The Labute approximate surface area is 394 Å². The first kappa shape index (κ1) is 52.4. The molecule has 6 rings (SSSR count). The first-order valence-electron chi connectivity index (χ1n) is 21.2. The smallest absolute Gasteiger partial charge is 0.344 e.